The second-order valence-corrected chi connectivity index (χ2v) is 7.92. The van der Waals surface area contributed by atoms with Crippen LogP contribution in [-0.2, 0) is 17.9 Å². The van der Waals surface area contributed by atoms with Crippen LogP contribution in [0.15, 0.2) is 63.4 Å². The van der Waals surface area contributed by atoms with Gasteiger partial charge >= 0.3 is 0 Å². The number of hydrogen-bond acceptors (Lipinski definition) is 5. The van der Waals surface area contributed by atoms with Crippen LogP contribution in [0.4, 0.5) is 0 Å². The van der Waals surface area contributed by atoms with Crippen LogP contribution < -0.4 is 10.4 Å². The molecule has 4 aromatic rings. The summed E-state index contributed by atoms with van der Waals surface area (Å²) in [4.78, 5) is 33.7. The number of thiazole rings is 1. The molecule has 0 unspecified atom stereocenters. The van der Waals surface area contributed by atoms with Crippen molar-refractivity contribution in [2.45, 2.75) is 13.1 Å². The van der Waals surface area contributed by atoms with Gasteiger partial charge in [-0.25, -0.2) is 4.98 Å². The molecular formula is C18H13ClN4O2S2. The number of rotatable bonds is 4. The van der Waals surface area contributed by atoms with Gasteiger partial charge in [-0.2, -0.15) is 4.99 Å². The highest BCUT2D eigenvalue weighted by Gasteiger charge is 2.09. The highest BCUT2D eigenvalue weighted by molar-refractivity contribution is 7.17. The molecule has 0 N–H and O–H groups in total. The highest BCUT2D eigenvalue weighted by Crippen LogP contribution is 2.16. The Labute approximate surface area is 166 Å². The predicted molar refractivity (Wildman–Crippen MR) is 107 cm³/mol. The van der Waals surface area contributed by atoms with Crippen LogP contribution in [0.5, 0.6) is 0 Å². The van der Waals surface area contributed by atoms with Crippen LogP contribution in [0.1, 0.15) is 5.56 Å². The first-order valence-electron chi connectivity index (χ1n) is 7.99. The number of carbonyl (C=O) groups is 1. The van der Waals surface area contributed by atoms with E-state index in [-0.39, 0.29) is 12.1 Å². The molecule has 0 spiro atoms. The maximum Gasteiger partial charge on any atom is 0.271 e. The minimum atomic E-state index is -0.412. The number of fused-ring (bicyclic) bond motifs is 1. The van der Waals surface area contributed by atoms with Crippen LogP contribution in [0, 0.1) is 0 Å². The van der Waals surface area contributed by atoms with Gasteiger partial charge in [0.15, 0.2) is 4.80 Å². The van der Waals surface area contributed by atoms with Gasteiger partial charge in [-0.05, 0) is 23.1 Å². The molecule has 0 bridgehead atoms. The number of carbonyl (C=O) groups excluding carboxylic acids is 1. The first-order valence-corrected chi connectivity index (χ1v) is 10.1. The number of amides is 1. The summed E-state index contributed by atoms with van der Waals surface area (Å²) in [5.41, 5.74) is 1.35. The lowest BCUT2D eigenvalue weighted by molar-refractivity contribution is -0.118. The molecule has 3 aromatic heterocycles. The lowest BCUT2D eigenvalue weighted by atomic mass is 10.2. The van der Waals surface area contributed by atoms with Crippen molar-refractivity contribution in [3.05, 3.63) is 79.4 Å². The predicted octanol–water partition coefficient (Wildman–Crippen LogP) is 3.15. The fourth-order valence-corrected chi connectivity index (χ4v) is 4.33. The van der Waals surface area contributed by atoms with Crippen LogP contribution >= 0.6 is 34.3 Å². The molecule has 136 valence electrons. The largest absolute Gasteiger partial charge is 0.319 e. The van der Waals surface area contributed by atoms with Crippen LogP contribution in [0.3, 0.4) is 0 Å². The third-order valence-corrected chi connectivity index (χ3v) is 5.97. The van der Waals surface area contributed by atoms with Gasteiger partial charge in [-0.3, -0.25) is 14.2 Å². The van der Waals surface area contributed by atoms with Gasteiger partial charge in [0.05, 0.1) is 18.4 Å². The summed E-state index contributed by atoms with van der Waals surface area (Å²) < 4.78 is 3.68. The number of hydrogen-bond donors (Lipinski definition) is 0. The first kappa shape index (κ1) is 17.8. The van der Waals surface area contributed by atoms with E-state index in [4.69, 9.17) is 11.6 Å². The van der Waals surface area contributed by atoms with E-state index in [2.05, 4.69) is 9.98 Å². The fraction of sp³-hybridized carbons (Fsp3) is 0.111. The van der Waals surface area contributed by atoms with Crippen LogP contribution in [0.25, 0.3) is 10.2 Å². The molecule has 6 nitrogen and oxygen atoms in total. The first-order chi connectivity index (χ1) is 13.1. The number of benzene rings is 1. The Balaban J connectivity index is 1.59. The molecule has 0 radical (unpaired) electrons. The normalized spacial score (nSPS) is 12.0. The maximum atomic E-state index is 12.4. The van der Waals surface area contributed by atoms with Crippen molar-refractivity contribution in [3.8, 4) is 0 Å². The van der Waals surface area contributed by atoms with E-state index in [9.17, 15) is 9.59 Å². The van der Waals surface area contributed by atoms with Gasteiger partial charge < -0.3 is 4.57 Å². The summed E-state index contributed by atoms with van der Waals surface area (Å²) in [5.74, 6) is -0.412. The molecule has 0 aliphatic carbocycles. The van der Waals surface area contributed by atoms with Crippen molar-refractivity contribution in [2.24, 2.45) is 4.99 Å². The minimum Gasteiger partial charge on any atom is -0.319 e. The summed E-state index contributed by atoms with van der Waals surface area (Å²) in [5, 5.41) is 4.32. The van der Waals surface area contributed by atoms with Crippen molar-refractivity contribution in [1.29, 1.82) is 0 Å². The molecule has 0 aliphatic rings. The maximum absolute atomic E-state index is 12.4. The topological polar surface area (TPSA) is 69.2 Å². The van der Waals surface area contributed by atoms with Gasteiger partial charge in [0, 0.05) is 16.6 Å². The van der Waals surface area contributed by atoms with E-state index in [1.807, 2.05) is 40.4 Å². The third kappa shape index (κ3) is 3.78. The summed E-state index contributed by atoms with van der Waals surface area (Å²) in [6.07, 6.45) is 3.24. The Hall–Kier alpha value is -2.55. The SMILES string of the molecule is O=C(Cn1cnc2ccsc2c1=O)N=c1sccn1Cc1ccccc1Cl. The average Bonchev–Trinajstić information content (AvgIpc) is 3.29. The molecule has 0 saturated heterocycles. The molecule has 1 aromatic carbocycles. The highest BCUT2D eigenvalue weighted by atomic mass is 35.5. The van der Waals surface area contributed by atoms with Crippen molar-refractivity contribution in [2.75, 3.05) is 0 Å². The molecule has 1 amide bonds. The number of halogens is 1. The number of nitrogens with zero attached hydrogens (tertiary/aromatic N) is 4. The molecule has 9 heteroatoms. The second-order valence-electron chi connectivity index (χ2n) is 5.72. The van der Waals surface area contributed by atoms with E-state index < -0.39 is 5.91 Å². The van der Waals surface area contributed by atoms with E-state index in [1.54, 1.807) is 11.4 Å². The summed E-state index contributed by atoms with van der Waals surface area (Å²) >= 11 is 8.88. The van der Waals surface area contributed by atoms with E-state index >= 15 is 0 Å². The Morgan fingerprint density at radius 3 is 2.85 bits per heavy atom. The molecular weight excluding hydrogens is 404 g/mol. The molecule has 27 heavy (non-hydrogen) atoms. The van der Waals surface area contributed by atoms with E-state index in [0.29, 0.717) is 26.6 Å². The Morgan fingerprint density at radius 2 is 2.00 bits per heavy atom. The fourth-order valence-electron chi connectivity index (χ4n) is 2.60. The molecule has 0 fully saturated rings. The smallest absolute Gasteiger partial charge is 0.271 e. The summed E-state index contributed by atoms with van der Waals surface area (Å²) in [6.45, 7) is 0.363. The van der Waals surface area contributed by atoms with Gasteiger partial charge in [0.25, 0.3) is 11.5 Å². The standard InChI is InChI=1S/C18H13ClN4O2S2/c19-13-4-2-1-3-12(13)9-22-6-8-27-18(22)21-15(24)10-23-11-20-14-5-7-26-16(14)17(23)25/h1-8,11H,9-10H2. The zero-order valence-corrected chi connectivity index (χ0v) is 16.3. The Morgan fingerprint density at radius 1 is 1.15 bits per heavy atom. The van der Waals surface area contributed by atoms with Crippen molar-refractivity contribution in [3.63, 3.8) is 0 Å². The van der Waals surface area contributed by atoms with E-state index in [0.717, 1.165) is 5.56 Å². The zero-order chi connectivity index (χ0) is 18.8. The lowest BCUT2D eigenvalue weighted by Crippen LogP contribution is -2.25. The zero-order valence-electron chi connectivity index (χ0n) is 13.9. The third-order valence-electron chi connectivity index (χ3n) is 3.92. The monoisotopic (exact) mass is 416 g/mol. The molecule has 0 aliphatic heterocycles. The van der Waals surface area contributed by atoms with Gasteiger partial charge in [0.2, 0.25) is 0 Å². The van der Waals surface area contributed by atoms with Crippen molar-refractivity contribution < 1.29 is 4.79 Å². The van der Waals surface area contributed by atoms with Gasteiger partial charge in [-0.15, -0.1) is 22.7 Å². The quantitative estimate of drug-likeness (QED) is 0.513. The summed E-state index contributed by atoms with van der Waals surface area (Å²) in [6, 6.07) is 9.32. The van der Waals surface area contributed by atoms with Crippen molar-refractivity contribution in [1.82, 2.24) is 14.1 Å². The van der Waals surface area contributed by atoms with Crippen LogP contribution in [0.2, 0.25) is 5.02 Å². The average molecular weight is 417 g/mol. The molecule has 0 saturated carbocycles. The molecule has 3 heterocycles. The summed E-state index contributed by atoms with van der Waals surface area (Å²) in [7, 11) is 0. The molecule has 0 atom stereocenters. The van der Waals surface area contributed by atoms with Gasteiger partial charge in [0.1, 0.15) is 11.2 Å². The Bertz CT molecular complexity index is 1250. The van der Waals surface area contributed by atoms with Crippen molar-refractivity contribution >= 4 is 50.4 Å². The second kappa shape index (κ2) is 7.59. The molecule has 4 rings (SSSR count). The number of thiophene rings is 1. The Kier molecular flexibility index (Phi) is 5.02. The van der Waals surface area contributed by atoms with E-state index in [1.165, 1.54) is 33.6 Å². The van der Waals surface area contributed by atoms with Gasteiger partial charge in [-0.1, -0.05) is 29.8 Å². The number of aromatic nitrogens is 3. The lowest BCUT2D eigenvalue weighted by Gasteiger charge is -2.05. The minimum absolute atomic E-state index is 0.149. The van der Waals surface area contributed by atoms with Crippen LogP contribution in [-0.4, -0.2) is 20.0 Å².